The molecule has 138 valence electrons. The second-order valence-electron chi connectivity index (χ2n) is 6.96. The van der Waals surface area contributed by atoms with Gasteiger partial charge in [0, 0.05) is 23.1 Å². The number of amides is 1. The number of nitrogens with one attached hydrogen (secondary N) is 1. The van der Waals surface area contributed by atoms with Crippen LogP contribution in [0.2, 0.25) is 0 Å². The van der Waals surface area contributed by atoms with Crippen molar-refractivity contribution in [2.75, 3.05) is 0 Å². The van der Waals surface area contributed by atoms with Crippen LogP contribution in [0.25, 0.3) is 5.69 Å². The van der Waals surface area contributed by atoms with Crippen molar-refractivity contribution in [1.82, 2.24) is 25.1 Å². The van der Waals surface area contributed by atoms with Crippen molar-refractivity contribution in [3.63, 3.8) is 0 Å². The summed E-state index contributed by atoms with van der Waals surface area (Å²) in [5.74, 6) is 0.635. The first-order valence-electron chi connectivity index (χ1n) is 9.32. The zero-order valence-electron chi connectivity index (χ0n) is 15.7. The summed E-state index contributed by atoms with van der Waals surface area (Å²) >= 11 is 0. The number of fused-ring (bicyclic) bond motifs is 1. The molecule has 1 N–H and O–H groups in total. The average Bonchev–Trinajstić information content (AvgIpc) is 3.26. The van der Waals surface area contributed by atoms with E-state index in [1.807, 2.05) is 55.1 Å². The highest BCUT2D eigenvalue weighted by Gasteiger charge is 2.17. The number of nitrogens with zero attached hydrogens (tertiary/aromatic N) is 4. The quantitative estimate of drug-likeness (QED) is 0.758. The molecule has 2 heterocycles. The van der Waals surface area contributed by atoms with Gasteiger partial charge in [0.05, 0.1) is 24.3 Å². The van der Waals surface area contributed by atoms with Crippen molar-refractivity contribution < 1.29 is 4.79 Å². The molecule has 1 aliphatic rings. The van der Waals surface area contributed by atoms with Crippen LogP contribution in [0.3, 0.4) is 0 Å². The molecule has 1 aliphatic carbocycles. The Morgan fingerprint density at radius 1 is 1.19 bits per heavy atom. The molecular formula is C21H23N5O. The van der Waals surface area contributed by atoms with Gasteiger partial charge in [-0.2, -0.15) is 5.10 Å². The molecule has 3 aromatic rings. The Kier molecular flexibility index (Phi) is 4.71. The summed E-state index contributed by atoms with van der Waals surface area (Å²) in [5.41, 5.74) is 6.19. The molecule has 0 spiro atoms. The molecule has 0 saturated carbocycles. The van der Waals surface area contributed by atoms with E-state index in [0.717, 1.165) is 47.6 Å². The van der Waals surface area contributed by atoms with Crippen molar-refractivity contribution in [2.45, 2.75) is 46.1 Å². The molecule has 1 aromatic carbocycles. The fourth-order valence-corrected chi connectivity index (χ4v) is 3.59. The van der Waals surface area contributed by atoms with Crippen molar-refractivity contribution in [3.05, 3.63) is 70.6 Å². The van der Waals surface area contributed by atoms with Crippen LogP contribution in [0.4, 0.5) is 0 Å². The fourth-order valence-electron chi connectivity index (χ4n) is 3.59. The highest BCUT2D eigenvalue weighted by atomic mass is 16.1. The van der Waals surface area contributed by atoms with Gasteiger partial charge >= 0.3 is 0 Å². The first-order chi connectivity index (χ1) is 13.1. The normalized spacial score (nSPS) is 12.8. The highest BCUT2D eigenvalue weighted by molar-refractivity contribution is 5.79. The monoisotopic (exact) mass is 361 g/mol. The maximum absolute atomic E-state index is 12.5. The number of aryl methyl sites for hydroxylation is 3. The van der Waals surface area contributed by atoms with E-state index in [9.17, 15) is 4.79 Å². The SMILES string of the molecule is Cc1nn(-c2ccccc2)c(C)c1CC(=O)NCc1ncc2c(n1)CCC2. The number of para-hydroxylation sites is 1. The lowest BCUT2D eigenvalue weighted by atomic mass is 10.1. The summed E-state index contributed by atoms with van der Waals surface area (Å²) in [6.45, 7) is 4.30. The molecule has 0 bridgehead atoms. The van der Waals surface area contributed by atoms with Crippen molar-refractivity contribution in [1.29, 1.82) is 0 Å². The van der Waals surface area contributed by atoms with E-state index in [1.54, 1.807) is 0 Å². The predicted molar refractivity (Wildman–Crippen MR) is 103 cm³/mol. The van der Waals surface area contributed by atoms with Gasteiger partial charge in [0.2, 0.25) is 5.91 Å². The molecule has 0 atom stereocenters. The van der Waals surface area contributed by atoms with Gasteiger partial charge in [-0.15, -0.1) is 0 Å². The highest BCUT2D eigenvalue weighted by Crippen LogP contribution is 2.19. The average molecular weight is 361 g/mol. The number of hydrogen-bond donors (Lipinski definition) is 1. The summed E-state index contributed by atoms with van der Waals surface area (Å²) in [7, 11) is 0. The molecule has 0 unspecified atom stereocenters. The van der Waals surface area contributed by atoms with Crippen molar-refractivity contribution in [2.24, 2.45) is 0 Å². The minimum Gasteiger partial charge on any atom is -0.349 e. The molecule has 2 aromatic heterocycles. The molecule has 4 rings (SSSR count). The van der Waals surface area contributed by atoms with Crippen LogP contribution < -0.4 is 5.32 Å². The molecule has 6 heteroatoms. The fraction of sp³-hybridized carbons (Fsp3) is 0.333. The standard InChI is InChI=1S/C21H23N5O/c1-14-18(15(2)26(25-14)17-8-4-3-5-9-17)11-21(27)23-13-20-22-12-16-7-6-10-19(16)24-20/h3-5,8-9,12H,6-7,10-11,13H2,1-2H3,(H,23,27). The van der Waals surface area contributed by atoms with Gasteiger partial charge in [-0.25, -0.2) is 14.6 Å². The van der Waals surface area contributed by atoms with E-state index in [2.05, 4.69) is 20.4 Å². The van der Waals surface area contributed by atoms with Gasteiger partial charge in [-0.05, 0) is 50.8 Å². The Hall–Kier alpha value is -3.02. The van der Waals surface area contributed by atoms with Gasteiger partial charge in [-0.1, -0.05) is 18.2 Å². The lowest BCUT2D eigenvalue weighted by Gasteiger charge is -2.07. The Bertz CT molecular complexity index is 978. The summed E-state index contributed by atoms with van der Waals surface area (Å²) in [6.07, 6.45) is 5.41. The third-order valence-corrected chi connectivity index (χ3v) is 5.09. The topological polar surface area (TPSA) is 72.7 Å². The number of aromatic nitrogens is 4. The lowest BCUT2D eigenvalue weighted by Crippen LogP contribution is -2.26. The molecule has 6 nitrogen and oxygen atoms in total. The molecule has 0 fully saturated rings. The molecular weight excluding hydrogens is 338 g/mol. The Morgan fingerprint density at radius 3 is 2.81 bits per heavy atom. The predicted octanol–water partition coefficient (Wildman–Crippen LogP) is 2.63. The molecule has 1 amide bonds. The molecule has 0 aliphatic heterocycles. The van der Waals surface area contributed by atoms with Crippen LogP contribution in [-0.4, -0.2) is 25.7 Å². The maximum atomic E-state index is 12.5. The Labute approximate surface area is 158 Å². The largest absolute Gasteiger partial charge is 0.349 e. The Balaban J connectivity index is 1.43. The molecule has 27 heavy (non-hydrogen) atoms. The van der Waals surface area contributed by atoms with E-state index < -0.39 is 0 Å². The van der Waals surface area contributed by atoms with Gasteiger partial charge in [0.25, 0.3) is 0 Å². The molecule has 0 saturated heterocycles. The van der Waals surface area contributed by atoms with E-state index in [1.165, 1.54) is 5.56 Å². The number of carbonyl (C=O) groups excluding carboxylic acids is 1. The second kappa shape index (κ2) is 7.31. The zero-order valence-corrected chi connectivity index (χ0v) is 15.7. The number of hydrogen-bond acceptors (Lipinski definition) is 4. The lowest BCUT2D eigenvalue weighted by molar-refractivity contribution is -0.120. The van der Waals surface area contributed by atoms with E-state index >= 15 is 0 Å². The van der Waals surface area contributed by atoms with E-state index in [-0.39, 0.29) is 5.91 Å². The third kappa shape index (κ3) is 3.60. The minimum absolute atomic E-state index is 0.0436. The first kappa shape index (κ1) is 17.4. The van der Waals surface area contributed by atoms with Gasteiger partial charge < -0.3 is 5.32 Å². The van der Waals surface area contributed by atoms with Crippen LogP contribution in [0.5, 0.6) is 0 Å². The number of rotatable bonds is 5. The van der Waals surface area contributed by atoms with Crippen LogP contribution in [-0.2, 0) is 30.6 Å². The Morgan fingerprint density at radius 2 is 2.00 bits per heavy atom. The summed E-state index contributed by atoms with van der Waals surface area (Å²) < 4.78 is 1.89. The molecule has 0 radical (unpaired) electrons. The zero-order chi connectivity index (χ0) is 18.8. The maximum Gasteiger partial charge on any atom is 0.224 e. The second-order valence-corrected chi connectivity index (χ2v) is 6.96. The summed E-state index contributed by atoms with van der Waals surface area (Å²) in [6, 6.07) is 9.96. The van der Waals surface area contributed by atoms with Crippen LogP contribution >= 0.6 is 0 Å². The smallest absolute Gasteiger partial charge is 0.224 e. The third-order valence-electron chi connectivity index (χ3n) is 5.09. The first-order valence-corrected chi connectivity index (χ1v) is 9.32. The van der Waals surface area contributed by atoms with Crippen molar-refractivity contribution in [3.8, 4) is 5.69 Å². The van der Waals surface area contributed by atoms with Gasteiger partial charge in [0.15, 0.2) is 0 Å². The number of carbonyl (C=O) groups is 1. The minimum atomic E-state index is -0.0436. The van der Waals surface area contributed by atoms with Crippen LogP contribution in [0.1, 0.15) is 40.5 Å². The number of benzene rings is 1. The van der Waals surface area contributed by atoms with E-state index in [4.69, 9.17) is 0 Å². The summed E-state index contributed by atoms with van der Waals surface area (Å²) in [5, 5.41) is 7.54. The van der Waals surface area contributed by atoms with E-state index in [0.29, 0.717) is 18.8 Å². The van der Waals surface area contributed by atoms with Crippen LogP contribution in [0, 0.1) is 13.8 Å². The van der Waals surface area contributed by atoms with Gasteiger partial charge in [0.1, 0.15) is 5.82 Å². The van der Waals surface area contributed by atoms with Gasteiger partial charge in [-0.3, -0.25) is 4.79 Å². The van der Waals surface area contributed by atoms with Crippen molar-refractivity contribution >= 4 is 5.91 Å². The van der Waals surface area contributed by atoms with Crippen LogP contribution in [0.15, 0.2) is 36.5 Å². The summed E-state index contributed by atoms with van der Waals surface area (Å²) in [4.78, 5) is 21.4.